The van der Waals surface area contributed by atoms with Crippen LogP contribution in [0.4, 0.5) is 4.39 Å². The zero-order valence-electron chi connectivity index (χ0n) is 12.8. The Hall–Kier alpha value is -0.980. The van der Waals surface area contributed by atoms with Crippen molar-refractivity contribution >= 4 is 10.0 Å². The molecule has 2 rings (SSSR count). The predicted octanol–water partition coefficient (Wildman–Crippen LogP) is 2.34. The highest BCUT2D eigenvalue weighted by atomic mass is 32.2. The first-order chi connectivity index (χ1) is 9.66. The molecule has 1 aliphatic rings. The quantitative estimate of drug-likeness (QED) is 0.931. The standard InChI is InChI=1S/C15H23FN2O2S/c1-15(2,3)12-6-7-18(10-12)21(19,20)14-5-4-11(9-17)8-13(14)16/h4-5,8,12H,6-7,9-10,17H2,1-3H3. The fraction of sp³-hybridized carbons (Fsp3) is 0.600. The molecule has 0 spiro atoms. The molecule has 1 saturated heterocycles. The minimum atomic E-state index is -3.77. The van der Waals surface area contributed by atoms with Crippen molar-refractivity contribution in [1.82, 2.24) is 4.31 Å². The van der Waals surface area contributed by atoms with Crippen LogP contribution in [0.2, 0.25) is 0 Å². The SMILES string of the molecule is CC(C)(C)C1CCN(S(=O)(=O)c2ccc(CN)cc2F)C1. The van der Waals surface area contributed by atoms with Crippen LogP contribution in [-0.4, -0.2) is 25.8 Å². The summed E-state index contributed by atoms with van der Waals surface area (Å²) >= 11 is 0. The van der Waals surface area contributed by atoms with E-state index < -0.39 is 15.8 Å². The summed E-state index contributed by atoms with van der Waals surface area (Å²) in [6, 6.07) is 4.08. The normalized spacial score (nSPS) is 20.9. The van der Waals surface area contributed by atoms with Crippen LogP contribution in [0, 0.1) is 17.2 Å². The van der Waals surface area contributed by atoms with Crippen molar-refractivity contribution in [3.8, 4) is 0 Å². The van der Waals surface area contributed by atoms with Gasteiger partial charge in [0.1, 0.15) is 10.7 Å². The number of sulfonamides is 1. The molecular weight excluding hydrogens is 291 g/mol. The zero-order chi connectivity index (χ0) is 15.8. The Balaban J connectivity index is 2.28. The van der Waals surface area contributed by atoms with E-state index in [1.807, 2.05) is 0 Å². The molecule has 118 valence electrons. The third-order valence-corrected chi connectivity index (χ3v) is 6.12. The van der Waals surface area contributed by atoms with E-state index in [0.29, 0.717) is 24.6 Å². The van der Waals surface area contributed by atoms with Gasteiger partial charge in [-0.2, -0.15) is 4.31 Å². The van der Waals surface area contributed by atoms with Gasteiger partial charge in [-0.3, -0.25) is 0 Å². The van der Waals surface area contributed by atoms with Crippen molar-refractivity contribution in [3.63, 3.8) is 0 Å². The molecule has 1 atom stereocenters. The van der Waals surface area contributed by atoms with Gasteiger partial charge in [0, 0.05) is 19.6 Å². The molecule has 1 aromatic rings. The van der Waals surface area contributed by atoms with E-state index in [0.717, 1.165) is 6.42 Å². The molecule has 1 aliphatic heterocycles. The van der Waals surface area contributed by atoms with Crippen LogP contribution in [0.1, 0.15) is 32.8 Å². The van der Waals surface area contributed by atoms with Gasteiger partial charge in [-0.25, -0.2) is 12.8 Å². The number of benzene rings is 1. The van der Waals surface area contributed by atoms with Crippen LogP contribution in [-0.2, 0) is 16.6 Å². The van der Waals surface area contributed by atoms with Crippen LogP contribution in [0.3, 0.4) is 0 Å². The minimum absolute atomic E-state index is 0.0478. The number of rotatable bonds is 3. The lowest BCUT2D eigenvalue weighted by molar-refractivity contribution is 0.252. The van der Waals surface area contributed by atoms with Crippen molar-refractivity contribution < 1.29 is 12.8 Å². The lowest BCUT2D eigenvalue weighted by atomic mass is 9.80. The summed E-state index contributed by atoms with van der Waals surface area (Å²) in [6.45, 7) is 7.39. The Morgan fingerprint density at radius 3 is 2.52 bits per heavy atom. The third-order valence-electron chi connectivity index (χ3n) is 4.23. The summed E-state index contributed by atoms with van der Waals surface area (Å²) < 4.78 is 40.6. The highest BCUT2D eigenvalue weighted by Gasteiger charge is 2.38. The van der Waals surface area contributed by atoms with Crippen molar-refractivity contribution in [2.45, 2.75) is 38.6 Å². The first-order valence-electron chi connectivity index (χ1n) is 7.15. The molecule has 6 heteroatoms. The number of hydrogen-bond acceptors (Lipinski definition) is 3. The van der Waals surface area contributed by atoms with Crippen molar-refractivity contribution in [1.29, 1.82) is 0 Å². The average Bonchev–Trinajstić information content (AvgIpc) is 2.88. The van der Waals surface area contributed by atoms with Gasteiger partial charge in [0.15, 0.2) is 0 Å². The van der Waals surface area contributed by atoms with Gasteiger partial charge >= 0.3 is 0 Å². The Morgan fingerprint density at radius 2 is 2.05 bits per heavy atom. The molecule has 0 amide bonds. The largest absolute Gasteiger partial charge is 0.326 e. The van der Waals surface area contributed by atoms with E-state index in [1.54, 1.807) is 6.07 Å². The van der Waals surface area contributed by atoms with E-state index in [4.69, 9.17) is 5.73 Å². The Bertz CT molecular complexity index is 623. The van der Waals surface area contributed by atoms with Crippen molar-refractivity contribution in [2.24, 2.45) is 17.1 Å². The van der Waals surface area contributed by atoms with Gasteiger partial charge in [-0.1, -0.05) is 26.8 Å². The average molecular weight is 314 g/mol. The zero-order valence-corrected chi connectivity index (χ0v) is 13.6. The molecule has 2 N–H and O–H groups in total. The number of nitrogens with two attached hydrogens (primary N) is 1. The van der Waals surface area contributed by atoms with Gasteiger partial charge in [0.05, 0.1) is 0 Å². The molecule has 21 heavy (non-hydrogen) atoms. The Morgan fingerprint density at radius 1 is 1.38 bits per heavy atom. The smallest absolute Gasteiger partial charge is 0.245 e. The van der Waals surface area contributed by atoms with E-state index in [1.165, 1.54) is 16.4 Å². The molecule has 1 unspecified atom stereocenters. The monoisotopic (exact) mass is 314 g/mol. The number of halogens is 1. The molecule has 0 aliphatic carbocycles. The minimum Gasteiger partial charge on any atom is -0.326 e. The van der Waals surface area contributed by atoms with Gasteiger partial charge < -0.3 is 5.73 Å². The molecule has 0 aromatic heterocycles. The van der Waals surface area contributed by atoms with Crippen molar-refractivity contribution in [2.75, 3.05) is 13.1 Å². The van der Waals surface area contributed by atoms with E-state index in [-0.39, 0.29) is 16.9 Å². The maximum Gasteiger partial charge on any atom is 0.245 e. The first-order valence-corrected chi connectivity index (χ1v) is 8.59. The Labute approximate surface area is 126 Å². The second-order valence-corrected chi connectivity index (χ2v) is 8.59. The van der Waals surface area contributed by atoms with Gasteiger partial charge in [0.25, 0.3) is 0 Å². The molecule has 0 radical (unpaired) electrons. The van der Waals surface area contributed by atoms with Crippen LogP contribution in [0.25, 0.3) is 0 Å². The Kier molecular flexibility index (Phi) is 4.42. The maximum atomic E-state index is 14.1. The molecule has 1 aromatic carbocycles. The topological polar surface area (TPSA) is 63.4 Å². The van der Waals surface area contributed by atoms with E-state index >= 15 is 0 Å². The predicted molar refractivity (Wildman–Crippen MR) is 80.6 cm³/mol. The molecular formula is C15H23FN2O2S. The second kappa shape index (κ2) is 5.66. The van der Waals surface area contributed by atoms with E-state index in [9.17, 15) is 12.8 Å². The second-order valence-electron chi connectivity index (χ2n) is 6.68. The molecule has 4 nitrogen and oxygen atoms in total. The summed E-state index contributed by atoms with van der Waals surface area (Å²) in [6.07, 6.45) is 0.811. The summed E-state index contributed by atoms with van der Waals surface area (Å²) in [5.74, 6) is -0.434. The van der Waals surface area contributed by atoms with Crippen molar-refractivity contribution in [3.05, 3.63) is 29.6 Å². The summed E-state index contributed by atoms with van der Waals surface area (Å²) in [5.41, 5.74) is 6.07. The molecule has 1 heterocycles. The highest BCUT2D eigenvalue weighted by Crippen LogP contribution is 2.36. The summed E-state index contributed by atoms with van der Waals surface area (Å²) in [5, 5.41) is 0. The van der Waals surface area contributed by atoms with Gasteiger partial charge in [0.2, 0.25) is 10.0 Å². The third kappa shape index (κ3) is 3.27. The highest BCUT2D eigenvalue weighted by molar-refractivity contribution is 7.89. The maximum absolute atomic E-state index is 14.1. The first kappa shape index (κ1) is 16.4. The molecule has 1 fully saturated rings. The van der Waals surface area contributed by atoms with E-state index in [2.05, 4.69) is 20.8 Å². The van der Waals surface area contributed by atoms with Crippen LogP contribution >= 0.6 is 0 Å². The molecule has 0 saturated carbocycles. The lowest BCUT2D eigenvalue weighted by Gasteiger charge is -2.26. The number of nitrogens with zero attached hydrogens (tertiary/aromatic N) is 1. The summed E-state index contributed by atoms with van der Waals surface area (Å²) in [4.78, 5) is -0.255. The molecule has 0 bridgehead atoms. The van der Waals surface area contributed by atoms with Gasteiger partial charge in [-0.15, -0.1) is 0 Å². The van der Waals surface area contributed by atoms with Gasteiger partial charge in [-0.05, 0) is 35.4 Å². The number of hydrogen-bond donors (Lipinski definition) is 1. The fourth-order valence-electron chi connectivity index (χ4n) is 2.67. The fourth-order valence-corrected chi connectivity index (χ4v) is 4.22. The van der Waals surface area contributed by atoms with Crippen LogP contribution < -0.4 is 5.73 Å². The summed E-state index contributed by atoms with van der Waals surface area (Å²) in [7, 11) is -3.77. The van der Waals surface area contributed by atoms with Crippen LogP contribution in [0.15, 0.2) is 23.1 Å². The lowest BCUT2D eigenvalue weighted by Crippen LogP contribution is -2.31. The van der Waals surface area contributed by atoms with Crippen LogP contribution in [0.5, 0.6) is 0 Å².